The molecule has 1 aromatic heterocycles. The highest BCUT2D eigenvalue weighted by atomic mass is 32.2. The van der Waals surface area contributed by atoms with Crippen molar-refractivity contribution in [2.45, 2.75) is 45.6 Å². The smallest absolute Gasteiger partial charge is 0.301 e. The Bertz CT molecular complexity index is 1200. The number of aryl methyl sites for hydroxylation is 1. The molecule has 0 amide bonds. The van der Waals surface area contributed by atoms with Gasteiger partial charge in [-0.05, 0) is 51.8 Å². The summed E-state index contributed by atoms with van der Waals surface area (Å²) in [5, 5.41) is 14.5. The molecule has 1 atom stereocenters. The van der Waals surface area contributed by atoms with E-state index in [-0.39, 0.29) is 11.4 Å². The summed E-state index contributed by atoms with van der Waals surface area (Å²) in [6, 6.07) is 9.36. The number of nitrogens with one attached hydrogen (secondary N) is 1. The molecule has 0 spiro atoms. The standard InChI is InChI=1S/C21H26N6O3S/c1-13-17-18(16(12-22)19(23)30-20(17)27(25-13)21(2,3)4)14-6-8-15(9-7-14)26-11-5-10-24-31(26,28)29/h6-9,18,24H,5,10-11,23H2,1-4H3. The van der Waals surface area contributed by atoms with Crippen molar-refractivity contribution in [2.24, 2.45) is 5.73 Å². The molecule has 0 bridgehead atoms. The summed E-state index contributed by atoms with van der Waals surface area (Å²) in [5.74, 6) is 0.130. The second-order valence-electron chi connectivity index (χ2n) is 8.73. The number of benzene rings is 1. The average Bonchev–Trinajstić information content (AvgIpc) is 3.03. The quantitative estimate of drug-likeness (QED) is 0.734. The van der Waals surface area contributed by atoms with Crippen LogP contribution in [0.1, 0.15) is 49.9 Å². The predicted octanol–water partition coefficient (Wildman–Crippen LogP) is 2.21. The lowest BCUT2D eigenvalue weighted by Gasteiger charge is -2.30. The third kappa shape index (κ3) is 3.54. The van der Waals surface area contributed by atoms with E-state index in [1.807, 2.05) is 39.8 Å². The minimum absolute atomic E-state index is 0.0530. The Kier molecular flexibility index (Phi) is 4.98. The molecule has 1 saturated heterocycles. The SMILES string of the molecule is Cc1nn(C(C)(C)C)c2c1C(c1ccc(N3CCCNS3(=O)=O)cc1)C(C#N)=C(N)O2. The van der Waals surface area contributed by atoms with Crippen LogP contribution in [0.15, 0.2) is 35.7 Å². The lowest BCUT2D eigenvalue weighted by atomic mass is 9.84. The van der Waals surface area contributed by atoms with Crippen molar-refractivity contribution >= 4 is 15.9 Å². The molecule has 31 heavy (non-hydrogen) atoms. The summed E-state index contributed by atoms with van der Waals surface area (Å²) in [5.41, 5.74) is 9.03. The molecule has 0 saturated carbocycles. The van der Waals surface area contributed by atoms with Gasteiger partial charge in [0.25, 0.3) is 0 Å². The number of anilines is 1. The lowest BCUT2D eigenvalue weighted by Crippen LogP contribution is -2.47. The van der Waals surface area contributed by atoms with Gasteiger partial charge in [-0.25, -0.2) is 4.68 Å². The third-order valence-electron chi connectivity index (χ3n) is 5.49. The van der Waals surface area contributed by atoms with Gasteiger partial charge in [0.15, 0.2) is 0 Å². The number of nitrogens with two attached hydrogens (primary N) is 1. The van der Waals surface area contributed by atoms with E-state index in [0.29, 0.717) is 30.2 Å². The van der Waals surface area contributed by atoms with Gasteiger partial charge in [0, 0.05) is 13.1 Å². The first-order chi connectivity index (χ1) is 14.5. The number of nitriles is 1. The van der Waals surface area contributed by atoms with Crippen molar-refractivity contribution in [1.82, 2.24) is 14.5 Å². The average molecular weight is 443 g/mol. The van der Waals surface area contributed by atoms with E-state index >= 15 is 0 Å². The molecule has 3 N–H and O–H groups in total. The van der Waals surface area contributed by atoms with E-state index < -0.39 is 16.1 Å². The van der Waals surface area contributed by atoms with Gasteiger partial charge in [0.2, 0.25) is 11.8 Å². The van der Waals surface area contributed by atoms with Crippen LogP contribution in [0.3, 0.4) is 0 Å². The van der Waals surface area contributed by atoms with Crippen LogP contribution < -0.4 is 19.5 Å². The van der Waals surface area contributed by atoms with Crippen molar-refractivity contribution in [3.05, 3.63) is 52.5 Å². The fraction of sp³-hybridized carbons (Fsp3) is 0.429. The van der Waals surface area contributed by atoms with E-state index in [4.69, 9.17) is 10.5 Å². The van der Waals surface area contributed by atoms with E-state index in [1.54, 1.807) is 16.8 Å². The van der Waals surface area contributed by atoms with Gasteiger partial charge >= 0.3 is 10.2 Å². The third-order valence-corrected chi connectivity index (χ3v) is 7.04. The van der Waals surface area contributed by atoms with Crippen molar-refractivity contribution in [3.63, 3.8) is 0 Å². The molecule has 10 heteroatoms. The molecule has 2 aromatic rings. The topological polar surface area (TPSA) is 126 Å². The molecule has 0 radical (unpaired) electrons. The number of allylic oxidation sites excluding steroid dienone is 1. The molecular weight excluding hydrogens is 416 g/mol. The van der Waals surface area contributed by atoms with Gasteiger partial charge in [-0.2, -0.15) is 23.5 Å². The number of fused-ring (bicyclic) bond motifs is 1. The fourth-order valence-electron chi connectivity index (χ4n) is 4.02. The molecule has 1 fully saturated rings. The molecule has 2 aliphatic rings. The van der Waals surface area contributed by atoms with Crippen molar-refractivity contribution in [1.29, 1.82) is 5.26 Å². The summed E-state index contributed by atoms with van der Waals surface area (Å²) >= 11 is 0. The van der Waals surface area contributed by atoms with Gasteiger partial charge < -0.3 is 10.5 Å². The Morgan fingerprint density at radius 2 is 1.97 bits per heavy atom. The molecule has 9 nitrogen and oxygen atoms in total. The van der Waals surface area contributed by atoms with Gasteiger partial charge in [-0.3, -0.25) is 4.31 Å². The fourth-order valence-corrected chi connectivity index (χ4v) is 5.35. The molecule has 1 unspecified atom stereocenters. The highest BCUT2D eigenvalue weighted by molar-refractivity contribution is 7.90. The maximum absolute atomic E-state index is 12.3. The number of ether oxygens (including phenoxy) is 1. The van der Waals surface area contributed by atoms with Crippen LogP contribution in [0.5, 0.6) is 5.88 Å². The van der Waals surface area contributed by atoms with Crippen molar-refractivity contribution in [2.75, 3.05) is 17.4 Å². The van der Waals surface area contributed by atoms with E-state index in [9.17, 15) is 13.7 Å². The number of hydrogen-bond acceptors (Lipinski definition) is 6. The zero-order chi connectivity index (χ0) is 22.6. The van der Waals surface area contributed by atoms with Crippen LogP contribution in [0.2, 0.25) is 0 Å². The first-order valence-corrected chi connectivity index (χ1v) is 11.5. The molecule has 4 rings (SSSR count). The van der Waals surface area contributed by atoms with Crippen LogP contribution in [-0.4, -0.2) is 31.3 Å². The summed E-state index contributed by atoms with van der Waals surface area (Å²) in [4.78, 5) is 0. The maximum Gasteiger partial charge on any atom is 0.301 e. The molecule has 2 aliphatic heterocycles. The molecular formula is C21H26N6O3S. The van der Waals surface area contributed by atoms with Crippen LogP contribution in [-0.2, 0) is 15.7 Å². The first-order valence-electron chi connectivity index (χ1n) is 10.1. The zero-order valence-electron chi connectivity index (χ0n) is 18.0. The van der Waals surface area contributed by atoms with E-state index in [0.717, 1.165) is 23.2 Å². The minimum Gasteiger partial charge on any atom is -0.422 e. The second-order valence-corrected chi connectivity index (χ2v) is 10.4. The Morgan fingerprint density at radius 3 is 2.55 bits per heavy atom. The van der Waals surface area contributed by atoms with Crippen LogP contribution in [0.25, 0.3) is 0 Å². The molecule has 1 aromatic carbocycles. The molecule has 3 heterocycles. The summed E-state index contributed by atoms with van der Waals surface area (Å²) in [6.07, 6.45) is 0.730. The molecule has 0 aliphatic carbocycles. The van der Waals surface area contributed by atoms with Crippen molar-refractivity contribution in [3.8, 4) is 11.9 Å². The number of rotatable bonds is 2. The van der Waals surface area contributed by atoms with Crippen molar-refractivity contribution < 1.29 is 13.2 Å². The predicted molar refractivity (Wildman–Crippen MR) is 117 cm³/mol. The number of nitrogens with zero attached hydrogens (tertiary/aromatic N) is 4. The summed E-state index contributed by atoms with van der Waals surface area (Å²) in [7, 11) is -3.54. The Labute approximate surface area is 182 Å². The zero-order valence-corrected chi connectivity index (χ0v) is 18.8. The van der Waals surface area contributed by atoms with Gasteiger partial charge in [-0.1, -0.05) is 12.1 Å². The highest BCUT2D eigenvalue weighted by Gasteiger charge is 2.38. The van der Waals surface area contributed by atoms with Crippen LogP contribution >= 0.6 is 0 Å². The highest BCUT2D eigenvalue weighted by Crippen LogP contribution is 2.45. The monoisotopic (exact) mass is 442 g/mol. The largest absolute Gasteiger partial charge is 0.422 e. The first kappa shape index (κ1) is 21.2. The van der Waals surface area contributed by atoms with E-state index in [1.165, 1.54) is 4.31 Å². The lowest BCUT2D eigenvalue weighted by molar-refractivity contribution is 0.277. The summed E-state index contributed by atoms with van der Waals surface area (Å²) < 4.78 is 36.2. The second kappa shape index (κ2) is 7.28. The van der Waals surface area contributed by atoms with Gasteiger partial charge in [-0.15, -0.1) is 0 Å². The van der Waals surface area contributed by atoms with Gasteiger partial charge in [0.05, 0.1) is 28.4 Å². The number of hydrogen-bond donors (Lipinski definition) is 2. The Morgan fingerprint density at radius 1 is 1.29 bits per heavy atom. The molecule has 164 valence electrons. The summed E-state index contributed by atoms with van der Waals surface area (Å²) in [6.45, 7) is 8.78. The normalized spacial score (nSPS) is 20.7. The van der Waals surface area contributed by atoms with E-state index in [2.05, 4.69) is 15.9 Å². The Balaban J connectivity index is 1.81. The number of aromatic nitrogens is 2. The van der Waals surface area contributed by atoms with Crippen LogP contribution in [0.4, 0.5) is 5.69 Å². The van der Waals surface area contributed by atoms with Crippen LogP contribution in [0, 0.1) is 18.3 Å². The maximum atomic E-state index is 12.3. The Hall–Kier alpha value is -3.03. The minimum atomic E-state index is -3.54. The van der Waals surface area contributed by atoms with Gasteiger partial charge in [0.1, 0.15) is 11.6 Å².